The Bertz CT molecular complexity index is 771. The first-order valence-corrected chi connectivity index (χ1v) is 7.92. The molecule has 1 atom stereocenters. The second kappa shape index (κ2) is 7.90. The van der Waals surface area contributed by atoms with Crippen LogP contribution in [0, 0.1) is 17.2 Å². The van der Waals surface area contributed by atoms with Crippen molar-refractivity contribution in [3.05, 3.63) is 63.5 Å². The van der Waals surface area contributed by atoms with Gasteiger partial charge in [0.15, 0.2) is 0 Å². The summed E-state index contributed by atoms with van der Waals surface area (Å²) < 4.78 is 5.77. The van der Waals surface area contributed by atoms with Gasteiger partial charge in [-0.15, -0.1) is 4.91 Å². The van der Waals surface area contributed by atoms with Crippen LogP contribution < -0.4 is 4.74 Å². The van der Waals surface area contributed by atoms with E-state index < -0.39 is 5.54 Å². The number of hydrogen-bond acceptors (Lipinski definition) is 5. The van der Waals surface area contributed by atoms with Crippen molar-refractivity contribution in [3.63, 3.8) is 0 Å². The van der Waals surface area contributed by atoms with Gasteiger partial charge in [-0.3, -0.25) is 10.4 Å². The first-order chi connectivity index (χ1) is 11.9. The molecule has 0 aliphatic rings. The molecular formula is C18H19ClN4O2. The summed E-state index contributed by atoms with van der Waals surface area (Å²) >= 11 is 6.35. The molecule has 0 heterocycles. The maximum absolute atomic E-state index is 11.5. The SMILES string of the molecule is C=NN(C=N)CC(C)(N=O)c1ccc(Oc2ccc(C)cc2)cc1Cl. The van der Waals surface area contributed by atoms with E-state index in [1.807, 2.05) is 31.2 Å². The van der Waals surface area contributed by atoms with Crippen LogP contribution in [0.25, 0.3) is 0 Å². The summed E-state index contributed by atoms with van der Waals surface area (Å²) in [5.41, 5.74) is 0.481. The van der Waals surface area contributed by atoms with Gasteiger partial charge in [-0.25, -0.2) is 0 Å². The predicted molar refractivity (Wildman–Crippen MR) is 101 cm³/mol. The second-order valence-electron chi connectivity index (χ2n) is 5.79. The fourth-order valence-electron chi connectivity index (χ4n) is 2.35. The first-order valence-electron chi connectivity index (χ1n) is 7.55. The highest BCUT2D eigenvalue weighted by Crippen LogP contribution is 2.35. The Morgan fingerprint density at radius 1 is 1.28 bits per heavy atom. The minimum Gasteiger partial charge on any atom is -0.457 e. The molecule has 0 aliphatic carbocycles. The molecule has 0 saturated heterocycles. The Labute approximate surface area is 151 Å². The third-order valence-electron chi connectivity index (χ3n) is 3.78. The maximum atomic E-state index is 11.5. The number of hydrogen-bond donors (Lipinski definition) is 1. The Hall–Kier alpha value is -2.73. The van der Waals surface area contributed by atoms with Crippen molar-refractivity contribution in [3.8, 4) is 11.5 Å². The van der Waals surface area contributed by atoms with Crippen molar-refractivity contribution in [2.45, 2.75) is 19.4 Å². The molecule has 0 saturated carbocycles. The molecule has 0 spiro atoms. The van der Waals surface area contributed by atoms with E-state index in [4.69, 9.17) is 21.7 Å². The molecule has 0 aliphatic heterocycles. The van der Waals surface area contributed by atoms with E-state index >= 15 is 0 Å². The zero-order valence-electron chi connectivity index (χ0n) is 14.1. The number of halogens is 1. The van der Waals surface area contributed by atoms with Gasteiger partial charge in [-0.05, 0) is 38.1 Å². The van der Waals surface area contributed by atoms with Crippen molar-refractivity contribution >= 4 is 24.7 Å². The van der Waals surface area contributed by atoms with Crippen LogP contribution in [-0.2, 0) is 5.54 Å². The van der Waals surface area contributed by atoms with Crippen molar-refractivity contribution in [2.24, 2.45) is 10.3 Å². The number of nitrogens with zero attached hydrogens (tertiary/aromatic N) is 3. The first kappa shape index (κ1) is 18.6. The third-order valence-corrected chi connectivity index (χ3v) is 4.09. The Morgan fingerprint density at radius 3 is 2.44 bits per heavy atom. The van der Waals surface area contributed by atoms with Crippen LogP contribution in [0.1, 0.15) is 18.1 Å². The second-order valence-corrected chi connectivity index (χ2v) is 6.20. The summed E-state index contributed by atoms with van der Waals surface area (Å²) in [6, 6.07) is 12.7. The van der Waals surface area contributed by atoms with Crippen LogP contribution >= 0.6 is 11.6 Å². The van der Waals surface area contributed by atoms with Crippen LogP contribution in [0.2, 0.25) is 5.02 Å². The third kappa shape index (κ3) is 4.42. The highest BCUT2D eigenvalue weighted by molar-refractivity contribution is 6.31. The van der Waals surface area contributed by atoms with Gasteiger partial charge >= 0.3 is 0 Å². The van der Waals surface area contributed by atoms with Crippen molar-refractivity contribution in [1.29, 1.82) is 5.41 Å². The van der Waals surface area contributed by atoms with Crippen LogP contribution in [0.15, 0.2) is 52.7 Å². The van der Waals surface area contributed by atoms with Gasteiger partial charge in [0.05, 0.1) is 11.6 Å². The van der Waals surface area contributed by atoms with Crippen LogP contribution in [0.4, 0.5) is 0 Å². The molecule has 2 rings (SSSR count). The lowest BCUT2D eigenvalue weighted by atomic mass is 9.92. The van der Waals surface area contributed by atoms with Crippen LogP contribution in [-0.4, -0.2) is 24.6 Å². The standard InChI is InChI=1S/C18H19ClN4O2/c1-13-4-6-14(7-5-13)25-15-8-9-16(17(19)10-15)18(2,22-24)11-23(12-20)21-3/h4-10,12,20H,3,11H2,1-2H3. The number of hydrazone groups is 1. The fraction of sp³-hybridized carbons (Fsp3) is 0.222. The molecule has 0 radical (unpaired) electrons. The highest BCUT2D eigenvalue weighted by Gasteiger charge is 2.32. The Morgan fingerprint density at radius 2 is 1.92 bits per heavy atom. The van der Waals surface area contributed by atoms with Gasteiger partial charge in [0, 0.05) is 12.3 Å². The normalized spacial score (nSPS) is 12.8. The van der Waals surface area contributed by atoms with Crippen molar-refractivity contribution < 1.29 is 4.74 Å². The monoisotopic (exact) mass is 358 g/mol. The van der Waals surface area contributed by atoms with Gasteiger partial charge in [0.2, 0.25) is 0 Å². The van der Waals surface area contributed by atoms with Gasteiger partial charge in [0.25, 0.3) is 0 Å². The average molecular weight is 359 g/mol. The van der Waals surface area contributed by atoms with Gasteiger partial charge < -0.3 is 4.74 Å². The molecule has 0 aromatic heterocycles. The van der Waals surface area contributed by atoms with Crippen molar-refractivity contribution in [2.75, 3.05) is 6.54 Å². The summed E-state index contributed by atoms with van der Waals surface area (Å²) in [6.07, 6.45) is 0.971. The van der Waals surface area contributed by atoms with Crippen molar-refractivity contribution in [1.82, 2.24) is 5.01 Å². The smallest absolute Gasteiger partial charge is 0.146 e. The lowest BCUT2D eigenvalue weighted by Gasteiger charge is -2.26. The van der Waals surface area contributed by atoms with E-state index in [0.717, 1.165) is 11.9 Å². The maximum Gasteiger partial charge on any atom is 0.146 e. The number of nitroso groups, excluding NO2 is 1. The average Bonchev–Trinajstić information content (AvgIpc) is 2.61. The van der Waals surface area contributed by atoms with E-state index in [9.17, 15) is 4.91 Å². The summed E-state index contributed by atoms with van der Waals surface area (Å²) in [4.78, 5) is 11.5. The lowest BCUT2D eigenvalue weighted by Crippen LogP contribution is -2.34. The molecule has 25 heavy (non-hydrogen) atoms. The van der Waals surface area contributed by atoms with E-state index in [2.05, 4.69) is 17.0 Å². The largest absolute Gasteiger partial charge is 0.457 e. The minimum absolute atomic E-state index is 0.0569. The van der Waals surface area contributed by atoms with Gasteiger partial charge in [-0.1, -0.05) is 40.5 Å². The molecule has 7 heteroatoms. The molecular weight excluding hydrogens is 340 g/mol. The number of nitrogens with one attached hydrogen (secondary N) is 1. The highest BCUT2D eigenvalue weighted by atomic mass is 35.5. The summed E-state index contributed by atoms with van der Waals surface area (Å²) in [5, 5.41) is 15.7. The summed E-state index contributed by atoms with van der Waals surface area (Å²) in [6.45, 7) is 7.05. The molecule has 1 unspecified atom stereocenters. The molecule has 1 N–H and O–H groups in total. The number of ether oxygens (including phenoxy) is 1. The number of benzene rings is 2. The Kier molecular flexibility index (Phi) is 5.88. The van der Waals surface area contributed by atoms with Crippen LogP contribution in [0.3, 0.4) is 0 Å². The molecule has 2 aromatic carbocycles. The molecule has 2 aromatic rings. The van der Waals surface area contributed by atoms with Crippen LogP contribution in [0.5, 0.6) is 11.5 Å². The fourth-order valence-corrected chi connectivity index (χ4v) is 2.73. The number of aryl methyl sites for hydroxylation is 1. The Balaban J connectivity index is 2.27. The van der Waals surface area contributed by atoms with E-state index in [1.54, 1.807) is 25.1 Å². The van der Waals surface area contributed by atoms with E-state index in [0.29, 0.717) is 22.1 Å². The quantitative estimate of drug-likeness (QED) is 0.314. The summed E-state index contributed by atoms with van der Waals surface area (Å²) in [7, 11) is 0. The van der Waals surface area contributed by atoms with Gasteiger partial charge in [0.1, 0.15) is 23.4 Å². The zero-order chi connectivity index (χ0) is 18.4. The number of rotatable bonds is 8. The predicted octanol–water partition coefficient (Wildman–Crippen LogP) is 4.95. The van der Waals surface area contributed by atoms with E-state index in [-0.39, 0.29) is 6.54 Å². The van der Waals surface area contributed by atoms with Gasteiger partial charge in [-0.2, -0.15) is 5.10 Å². The minimum atomic E-state index is -1.18. The molecule has 6 nitrogen and oxygen atoms in total. The molecule has 0 amide bonds. The molecule has 0 bridgehead atoms. The van der Waals surface area contributed by atoms with E-state index in [1.165, 1.54) is 5.01 Å². The molecule has 0 fully saturated rings. The topological polar surface area (TPSA) is 78.1 Å². The lowest BCUT2D eigenvalue weighted by molar-refractivity contribution is 0.335. The molecule has 130 valence electrons. The zero-order valence-corrected chi connectivity index (χ0v) is 14.8. The summed E-state index contributed by atoms with van der Waals surface area (Å²) in [5.74, 6) is 1.24.